The zero-order chi connectivity index (χ0) is 26.3. The van der Waals surface area contributed by atoms with Crippen molar-refractivity contribution in [3.8, 4) is 0 Å². The Bertz CT molecular complexity index is 1620. The van der Waals surface area contributed by atoms with Gasteiger partial charge < -0.3 is 9.64 Å². The molecule has 0 bridgehead atoms. The van der Waals surface area contributed by atoms with Gasteiger partial charge in [0.2, 0.25) is 0 Å². The summed E-state index contributed by atoms with van der Waals surface area (Å²) in [5.74, 6) is -0.687. The Hall–Kier alpha value is -3.43. The zero-order valence-electron chi connectivity index (χ0n) is 21.1. The lowest BCUT2D eigenvalue weighted by atomic mass is 9.96. The maximum Gasteiger partial charge on any atom is 0.338 e. The predicted octanol–water partition coefficient (Wildman–Crippen LogP) is 3.65. The Labute approximate surface area is 222 Å². The number of allylic oxidation sites excluding steroid dienone is 1. The monoisotopic (exact) mass is 533 g/mol. The normalized spacial score (nSPS) is 18.0. The van der Waals surface area contributed by atoms with Crippen molar-refractivity contribution in [1.29, 1.82) is 0 Å². The van der Waals surface area contributed by atoms with Crippen molar-refractivity contribution in [3.05, 3.63) is 90.6 Å². The molecule has 1 amide bonds. The minimum Gasteiger partial charge on any atom is -0.463 e. The molecule has 2 aliphatic rings. The molecule has 1 atom stereocenters. The van der Waals surface area contributed by atoms with Crippen molar-refractivity contribution in [2.75, 3.05) is 24.3 Å². The van der Waals surface area contributed by atoms with Crippen LogP contribution < -0.4 is 19.8 Å². The van der Waals surface area contributed by atoms with E-state index in [2.05, 4.69) is 4.99 Å². The van der Waals surface area contributed by atoms with Crippen LogP contribution in [0.25, 0.3) is 5.57 Å². The number of carbonyl (C=O) groups is 2. The summed E-state index contributed by atoms with van der Waals surface area (Å²) in [5, 5.41) is 0. The van der Waals surface area contributed by atoms with Gasteiger partial charge in [-0.15, -0.1) is 11.8 Å². The molecule has 37 heavy (non-hydrogen) atoms. The van der Waals surface area contributed by atoms with Crippen LogP contribution >= 0.6 is 23.1 Å². The van der Waals surface area contributed by atoms with Gasteiger partial charge in [-0.05, 0) is 50.3 Å². The molecule has 1 unspecified atom stereocenters. The summed E-state index contributed by atoms with van der Waals surface area (Å²) in [5.41, 5.74) is 3.21. The lowest BCUT2D eigenvalue weighted by Gasteiger charge is -2.24. The van der Waals surface area contributed by atoms with E-state index < -0.39 is 12.0 Å². The number of fused-ring (bicyclic) bond motifs is 2. The molecule has 0 aliphatic carbocycles. The van der Waals surface area contributed by atoms with E-state index in [1.807, 2.05) is 61.7 Å². The highest BCUT2D eigenvalue weighted by Crippen LogP contribution is 2.36. The number of thiazole rings is 1. The molecule has 1 aromatic heterocycles. The molecule has 0 fully saturated rings. The summed E-state index contributed by atoms with van der Waals surface area (Å²) in [4.78, 5) is 48.7. The van der Waals surface area contributed by atoms with Crippen LogP contribution in [0.15, 0.2) is 74.5 Å². The molecule has 7 nitrogen and oxygen atoms in total. The molecule has 0 N–H and O–H groups in total. The smallest absolute Gasteiger partial charge is 0.338 e. The van der Waals surface area contributed by atoms with Crippen molar-refractivity contribution >= 4 is 46.2 Å². The third-order valence-electron chi connectivity index (χ3n) is 6.52. The number of para-hydroxylation sites is 1. The maximum absolute atomic E-state index is 14.1. The Morgan fingerprint density at radius 2 is 1.84 bits per heavy atom. The van der Waals surface area contributed by atoms with E-state index in [0.717, 1.165) is 28.1 Å². The van der Waals surface area contributed by atoms with E-state index in [4.69, 9.17) is 4.74 Å². The Balaban J connectivity index is 1.79. The van der Waals surface area contributed by atoms with Gasteiger partial charge in [-0.25, -0.2) is 9.79 Å². The highest BCUT2D eigenvalue weighted by molar-refractivity contribution is 7.98. The first-order valence-electron chi connectivity index (χ1n) is 12.2. The second-order valence-corrected chi connectivity index (χ2v) is 10.6. The quantitative estimate of drug-likeness (QED) is 0.357. The minimum absolute atomic E-state index is 0.185. The Morgan fingerprint density at radius 1 is 1.11 bits per heavy atom. The lowest BCUT2D eigenvalue weighted by molar-refractivity contribution is -0.139. The van der Waals surface area contributed by atoms with E-state index in [1.165, 1.54) is 11.3 Å². The van der Waals surface area contributed by atoms with Gasteiger partial charge in [0.15, 0.2) is 4.80 Å². The van der Waals surface area contributed by atoms with E-state index in [9.17, 15) is 14.4 Å². The first-order chi connectivity index (χ1) is 17.9. The number of hydrogen-bond acceptors (Lipinski definition) is 7. The number of amides is 1. The summed E-state index contributed by atoms with van der Waals surface area (Å²) >= 11 is 2.81. The molecule has 0 radical (unpaired) electrons. The maximum atomic E-state index is 14.1. The number of aromatic nitrogens is 1. The van der Waals surface area contributed by atoms with Gasteiger partial charge >= 0.3 is 5.97 Å². The molecule has 9 heteroatoms. The van der Waals surface area contributed by atoms with Crippen LogP contribution in [-0.4, -0.2) is 35.9 Å². The number of esters is 1. The van der Waals surface area contributed by atoms with Crippen LogP contribution in [0.1, 0.15) is 44.4 Å². The Morgan fingerprint density at radius 3 is 2.51 bits per heavy atom. The molecule has 190 valence electrons. The second kappa shape index (κ2) is 10.1. The molecule has 0 saturated carbocycles. The number of carbonyl (C=O) groups excluding carboxylic acids is 2. The van der Waals surface area contributed by atoms with E-state index in [-0.39, 0.29) is 18.1 Å². The van der Waals surface area contributed by atoms with Crippen LogP contribution in [0.2, 0.25) is 0 Å². The zero-order valence-corrected chi connectivity index (χ0v) is 22.7. The molecule has 3 aromatic rings. The first kappa shape index (κ1) is 25.2. The molecule has 5 rings (SSSR count). The van der Waals surface area contributed by atoms with Gasteiger partial charge in [0.1, 0.15) is 4.53 Å². The summed E-state index contributed by atoms with van der Waals surface area (Å²) < 4.78 is 7.25. The van der Waals surface area contributed by atoms with Crippen LogP contribution in [0.5, 0.6) is 0 Å². The van der Waals surface area contributed by atoms with Crippen molar-refractivity contribution in [2.24, 2.45) is 4.99 Å². The van der Waals surface area contributed by atoms with Crippen LogP contribution in [0, 0.1) is 0 Å². The number of hydrogen-bond donors (Lipinski definition) is 0. The predicted molar refractivity (Wildman–Crippen MR) is 147 cm³/mol. The standard InChI is InChI=1S/C28H27N3O4S2/c1-5-15-30-20-10-8-7-9-19(20)22(25(30)32)24-26(33)31-23(17-11-13-18(36-4)14-12-17)21(27(34)35-6-2)16(3)29-28(31)37-24/h7-14,23H,5-6,15H2,1-4H3. The summed E-state index contributed by atoms with van der Waals surface area (Å²) in [7, 11) is 0. The van der Waals surface area contributed by atoms with Crippen LogP contribution in [-0.2, 0) is 14.3 Å². The molecule has 0 spiro atoms. The van der Waals surface area contributed by atoms with Crippen molar-refractivity contribution < 1.29 is 14.3 Å². The molecule has 3 heterocycles. The number of benzene rings is 2. The fourth-order valence-corrected chi connectivity index (χ4v) is 6.43. The summed E-state index contributed by atoms with van der Waals surface area (Å²) in [6.07, 6.45) is 2.79. The molecule has 0 saturated heterocycles. The first-order valence-corrected chi connectivity index (χ1v) is 14.2. The number of nitrogens with zero attached hydrogens (tertiary/aromatic N) is 3. The largest absolute Gasteiger partial charge is 0.463 e. The van der Waals surface area contributed by atoms with E-state index in [1.54, 1.807) is 35.1 Å². The number of rotatable bonds is 6. The van der Waals surface area contributed by atoms with Crippen molar-refractivity contribution in [2.45, 2.75) is 38.1 Å². The summed E-state index contributed by atoms with van der Waals surface area (Å²) in [6.45, 7) is 6.30. The lowest BCUT2D eigenvalue weighted by Crippen LogP contribution is -2.41. The second-order valence-electron chi connectivity index (χ2n) is 8.74. The fraction of sp³-hybridized carbons (Fsp3) is 0.286. The van der Waals surface area contributed by atoms with Gasteiger partial charge in [-0.2, -0.15) is 0 Å². The van der Waals surface area contributed by atoms with Crippen LogP contribution in [0.4, 0.5) is 5.69 Å². The average Bonchev–Trinajstić information content (AvgIpc) is 3.36. The Kier molecular flexibility index (Phi) is 6.92. The SMILES string of the molecule is CCCN1C(=O)C(=c2sc3n(c2=O)C(c2ccc(SC)cc2)C(C(=O)OCC)=C(C)N=3)c2ccccc21. The number of ether oxygens (including phenoxy) is 1. The van der Waals surface area contributed by atoms with Gasteiger partial charge in [-0.1, -0.05) is 48.6 Å². The van der Waals surface area contributed by atoms with Gasteiger partial charge in [0, 0.05) is 17.0 Å². The fourth-order valence-electron chi connectivity index (χ4n) is 4.89. The minimum atomic E-state index is -0.709. The van der Waals surface area contributed by atoms with Crippen molar-refractivity contribution in [1.82, 2.24) is 4.57 Å². The topological polar surface area (TPSA) is 81.0 Å². The average molecular weight is 534 g/mol. The van der Waals surface area contributed by atoms with E-state index in [0.29, 0.717) is 32.7 Å². The highest BCUT2D eigenvalue weighted by atomic mass is 32.2. The third-order valence-corrected chi connectivity index (χ3v) is 8.32. The van der Waals surface area contributed by atoms with Crippen molar-refractivity contribution in [3.63, 3.8) is 0 Å². The number of anilines is 1. The molecule has 2 aliphatic heterocycles. The molecule has 2 aromatic carbocycles. The number of thioether (sulfide) groups is 1. The van der Waals surface area contributed by atoms with Crippen LogP contribution in [0.3, 0.4) is 0 Å². The summed E-state index contributed by atoms with van der Waals surface area (Å²) in [6, 6.07) is 14.6. The van der Waals surface area contributed by atoms with Gasteiger partial charge in [-0.3, -0.25) is 14.2 Å². The van der Waals surface area contributed by atoms with E-state index >= 15 is 0 Å². The molecular weight excluding hydrogens is 506 g/mol. The van der Waals surface area contributed by atoms with Gasteiger partial charge in [0.05, 0.1) is 35.2 Å². The third kappa shape index (κ3) is 4.16. The molecular formula is C28H27N3O4S2. The van der Waals surface area contributed by atoms with Gasteiger partial charge in [0.25, 0.3) is 11.5 Å². The highest BCUT2D eigenvalue weighted by Gasteiger charge is 2.37.